The largest absolute Gasteiger partial charge is 0.459 e. The molecule has 0 saturated heterocycles. The minimum Gasteiger partial charge on any atom is -0.459 e. The lowest BCUT2D eigenvalue weighted by molar-refractivity contribution is -0.153. The first-order valence-electron chi connectivity index (χ1n) is 7.21. The van der Waals surface area contributed by atoms with Crippen LogP contribution in [0.1, 0.15) is 20.8 Å². The van der Waals surface area contributed by atoms with Crippen LogP contribution in [0, 0.1) is 0 Å². The molecule has 0 aliphatic carbocycles. The molecule has 0 fully saturated rings. The molecule has 0 saturated carbocycles. The van der Waals surface area contributed by atoms with Crippen LogP contribution in [-0.2, 0) is 9.53 Å². The zero-order valence-electron chi connectivity index (χ0n) is 13.1. The number of esters is 1. The van der Waals surface area contributed by atoms with Gasteiger partial charge in [0.25, 0.3) is 0 Å². The Labute approximate surface area is 136 Å². The molecule has 0 aliphatic heterocycles. The summed E-state index contributed by atoms with van der Waals surface area (Å²) in [6.07, 6.45) is 0. The maximum Gasteiger partial charge on any atom is 0.321 e. The van der Waals surface area contributed by atoms with Crippen molar-refractivity contribution in [1.82, 2.24) is 4.72 Å². The van der Waals surface area contributed by atoms with Gasteiger partial charge < -0.3 is 4.74 Å². The Kier molecular flexibility index (Phi) is 5.63. The minimum atomic E-state index is -0.444. The molecule has 0 spiro atoms. The average Bonchev–Trinajstić information content (AvgIpc) is 2.47. The summed E-state index contributed by atoms with van der Waals surface area (Å²) in [6, 6.07) is 18.5. The fourth-order valence-corrected chi connectivity index (χ4v) is 2.53. The van der Waals surface area contributed by atoms with E-state index in [1.165, 1.54) is 23.1 Å². The fourth-order valence-electron chi connectivity index (χ4n) is 1.90. The SMILES string of the molecule is CC(C)(C)OC(=O)CNSc1ccc(-c2ccccc2)cc1. The van der Waals surface area contributed by atoms with E-state index in [-0.39, 0.29) is 12.5 Å². The lowest BCUT2D eigenvalue weighted by atomic mass is 10.1. The quantitative estimate of drug-likeness (QED) is 0.660. The first-order valence-corrected chi connectivity index (χ1v) is 8.03. The molecular weight excluding hydrogens is 294 g/mol. The summed E-state index contributed by atoms with van der Waals surface area (Å²) >= 11 is 1.43. The molecule has 0 amide bonds. The molecular formula is C18H21NO2S. The molecule has 0 unspecified atom stereocenters. The second-order valence-corrected chi connectivity index (χ2v) is 6.86. The minimum absolute atomic E-state index is 0.183. The van der Waals surface area contributed by atoms with Crippen molar-refractivity contribution in [1.29, 1.82) is 0 Å². The first-order chi connectivity index (χ1) is 10.4. The number of benzene rings is 2. The molecule has 4 heteroatoms. The zero-order chi connectivity index (χ0) is 16.0. The predicted octanol–water partition coefficient (Wildman–Crippen LogP) is 4.29. The average molecular weight is 315 g/mol. The van der Waals surface area contributed by atoms with Gasteiger partial charge in [0, 0.05) is 4.90 Å². The maximum absolute atomic E-state index is 11.6. The van der Waals surface area contributed by atoms with Crippen LogP contribution in [-0.4, -0.2) is 18.1 Å². The Morgan fingerprint density at radius 2 is 1.59 bits per heavy atom. The van der Waals surface area contributed by atoms with Crippen LogP contribution in [0.4, 0.5) is 0 Å². The number of carbonyl (C=O) groups excluding carboxylic acids is 1. The van der Waals surface area contributed by atoms with Crippen molar-refractivity contribution in [2.75, 3.05) is 6.54 Å². The lowest BCUT2D eigenvalue weighted by Gasteiger charge is -2.19. The van der Waals surface area contributed by atoms with Crippen molar-refractivity contribution in [3.8, 4) is 11.1 Å². The third kappa shape index (κ3) is 5.54. The molecule has 3 nitrogen and oxygen atoms in total. The molecule has 2 aromatic carbocycles. The van der Waals surface area contributed by atoms with E-state index in [0.717, 1.165) is 4.90 Å². The first kappa shape index (κ1) is 16.6. The highest BCUT2D eigenvalue weighted by molar-refractivity contribution is 7.97. The molecule has 0 atom stereocenters. The molecule has 2 aromatic rings. The van der Waals surface area contributed by atoms with E-state index in [4.69, 9.17) is 4.74 Å². The van der Waals surface area contributed by atoms with E-state index in [0.29, 0.717) is 0 Å². The number of nitrogens with one attached hydrogen (secondary N) is 1. The van der Waals surface area contributed by atoms with Crippen LogP contribution in [0.25, 0.3) is 11.1 Å². The zero-order valence-corrected chi connectivity index (χ0v) is 13.9. The molecule has 0 radical (unpaired) electrons. The van der Waals surface area contributed by atoms with Crippen LogP contribution in [0.5, 0.6) is 0 Å². The van der Waals surface area contributed by atoms with E-state index in [2.05, 4.69) is 29.0 Å². The van der Waals surface area contributed by atoms with Crippen molar-refractivity contribution in [2.24, 2.45) is 0 Å². The van der Waals surface area contributed by atoms with Crippen LogP contribution >= 0.6 is 11.9 Å². The van der Waals surface area contributed by atoms with Crippen LogP contribution in [0.2, 0.25) is 0 Å². The van der Waals surface area contributed by atoms with Gasteiger partial charge in [0.2, 0.25) is 0 Å². The maximum atomic E-state index is 11.6. The standard InChI is InChI=1S/C18H21NO2S/c1-18(2,3)21-17(20)13-19-22-16-11-9-15(10-12-16)14-7-5-4-6-8-14/h4-12,19H,13H2,1-3H3. The molecule has 1 N–H and O–H groups in total. The van der Waals surface area contributed by atoms with E-state index < -0.39 is 5.60 Å². The van der Waals surface area contributed by atoms with Gasteiger partial charge in [-0.3, -0.25) is 4.79 Å². The summed E-state index contributed by atoms with van der Waals surface area (Å²) in [4.78, 5) is 12.6. The fraction of sp³-hybridized carbons (Fsp3) is 0.278. The van der Waals surface area contributed by atoms with Gasteiger partial charge in [0.05, 0.1) is 0 Å². The van der Waals surface area contributed by atoms with Gasteiger partial charge in [-0.05, 0) is 56.0 Å². The molecule has 0 bridgehead atoms. The molecule has 2 rings (SSSR count). The second-order valence-electron chi connectivity index (χ2n) is 5.90. The van der Waals surface area contributed by atoms with Gasteiger partial charge in [0.15, 0.2) is 0 Å². The van der Waals surface area contributed by atoms with E-state index in [9.17, 15) is 4.79 Å². The third-order valence-electron chi connectivity index (χ3n) is 2.79. The number of hydrogen-bond acceptors (Lipinski definition) is 4. The van der Waals surface area contributed by atoms with Crippen molar-refractivity contribution in [3.63, 3.8) is 0 Å². The Morgan fingerprint density at radius 3 is 2.18 bits per heavy atom. The Morgan fingerprint density at radius 1 is 1.00 bits per heavy atom. The monoisotopic (exact) mass is 315 g/mol. The summed E-state index contributed by atoms with van der Waals surface area (Å²) in [5, 5.41) is 0. The van der Waals surface area contributed by atoms with Gasteiger partial charge in [-0.25, -0.2) is 4.72 Å². The number of carbonyl (C=O) groups is 1. The molecule has 22 heavy (non-hydrogen) atoms. The Balaban J connectivity index is 1.84. The summed E-state index contributed by atoms with van der Waals surface area (Å²) < 4.78 is 8.26. The second kappa shape index (κ2) is 7.47. The highest BCUT2D eigenvalue weighted by Gasteiger charge is 2.15. The topological polar surface area (TPSA) is 38.3 Å². The number of rotatable bonds is 5. The van der Waals surface area contributed by atoms with Crippen molar-refractivity contribution in [3.05, 3.63) is 54.6 Å². The lowest BCUT2D eigenvalue weighted by Crippen LogP contribution is -2.29. The normalized spacial score (nSPS) is 11.2. The highest BCUT2D eigenvalue weighted by atomic mass is 32.2. The predicted molar refractivity (Wildman–Crippen MR) is 91.6 cm³/mol. The summed E-state index contributed by atoms with van der Waals surface area (Å²) in [7, 11) is 0. The van der Waals surface area contributed by atoms with Crippen molar-refractivity contribution in [2.45, 2.75) is 31.3 Å². The van der Waals surface area contributed by atoms with Gasteiger partial charge in [-0.2, -0.15) is 0 Å². The van der Waals surface area contributed by atoms with Gasteiger partial charge in [-0.15, -0.1) is 0 Å². The molecule has 0 heterocycles. The van der Waals surface area contributed by atoms with Crippen LogP contribution < -0.4 is 4.72 Å². The van der Waals surface area contributed by atoms with E-state index in [1.54, 1.807) is 0 Å². The smallest absolute Gasteiger partial charge is 0.321 e. The van der Waals surface area contributed by atoms with Crippen LogP contribution in [0.3, 0.4) is 0 Å². The van der Waals surface area contributed by atoms with Gasteiger partial charge >= 0.3 is 5.97 Å². The third-order valence-corrected chi connectivity index (χ3v) is 3.58. The van der Waals surface area contributed by atoms with Gasteiger partial charge in [-0.1, -0.05) is 42.5 Å². The Bertz CT molecular complexity index is 603. The van der Waals surface area contributed by atoms with E-state index >= 15 is 0 Å². The van der Waals surface area contributed by atoms with Crippen molar-refractivity contribution >= 4 is 17.9 Å². The van der Waals surface area contributed by atoms with Crippen LogP contribution in [0.15, 0.2) is 59.5 Å². The molecule has 0 aliphatic rings. The summed E-state index contributed by atoms with van der Waals surface area (Å²) in [6.45, 7) is 5.77. The van der Waals surface area contributed by atoms with Gasteiger partial charge in [0.1, 0.15) is 12.1 Å². The highest BCUT2D eigenvalue weighted by Crippen LogP contribution is 2.22. The number of hydrogen-bond donors (Lipinski definition) is 1. The van der Waals surface area contributed by atoms with E-state index in [1.807, 2.05) is 51.1 Å². The molecule has 116 valence electrons. The Hall–Kier alpha value is -1.78. The summed E-state index contributed by atoms with van der Waals surface area (Å²) in [5.41, 5.74) is 1.93. The number of ether oxygens (including phenoxy) is 1. The van der Waals surface area contributed by atoms with Crippen molar-refractivity contribution < 1.29 is 9.53 Å². The molecule has 0 aromatic heterocycles. The summed E-state index contributed by atoms with van der Waals surface area (Å²) in [5.74, 6) is -0.249.